The van der Waals surface area contributed by atoms with Crippen molar-refractivity contribution in [2.24, 2.45) is 23.0 Å². The van der Waals surface area contributed by atoms with Crippen molar-refractivity contribution in [3.63, 3.8) is 0 Å². The van der Waals surface area contributed by atoms with Crippen LogP contribution in [0.5, 0.6) is 0 Å². The van der Waals surface area contributed by atoms with Crippen LogP contribution in [-0.4, -0.2) is 30.7 Å². The Morgan fingerprint density at radius 2 is 1.65 bits per heavy atom. The van der Waals surface area contributed by atoms with E-state index in [1.54, 1.807) is 0 Å². The minimum Gasteiger partial charge on any atom is -0.329 e. The fourth-order valence-corrected chi connectivity index (χ4v) is 4.00. The Balaban J connectivity index is 1.80. The lowest BCUT2D eigenvalue weighted by atomic mass is 9.68. The lowest BCUT2D eigenvalue weighted by molar-refractivity contribution is 0.0781. The van der Waals surface area contributed by atoms with Gasteiger partial charge in [0.15, 0.2) is 0 Å². The first-order valence-corrected chi connectivity index (χ1v) is 8.72. The van der Waals surface area contributed by atoms with Crippen LogP contribution in [0.15, 0.2) is 0 Å². The second kappa shape index (κ2) is 7.24. The third-order valence-corrected chi connectivity index (χ3v) is 5.52. The molecule has 1 atom stereocenters. The van der Waals surface area contributed by atoms with Gasteiger partial charge in [0.2, 0.25) is 0 Å². The zero-order chi connectivity index (χ0) is 14.6. The first-order valence-electron chi connectivity index (χ1n) is 8.72. The lowest BCUT2D eigenvalue weighted by Crippen LogP contribution is -2.53. The number of nitrogens with two attached hydrogens (primary N) is 1. The topological polar surface area (TPSA) is 41.3 Å². The SMILES string of the molecule is CC(C)(C)C1CCC(C(CN)NN2CCCCC2)CC1. The largest absolute Gasteiger partial charge is 0.329 e. The van der Waals surface area contributed by atoms with Crippen LogP contribution in [0.25, 0.3) is 0 Å². The first kappa shape index (κ1) is 16.3. The minimum atomic E-state index is 0.476. The molecule has 1 unspecified atom stereocenters. The fraction of sp³-hybridized carbons (Fsp3) is 1.00. The zero-order valence-corrected chi connectivity index (χ0v) is 13.8. The molecular formula is C17H35N3. The molecule has 1 aliphatic carbocycles. The monoisotopic (exact) mass is 281 g/mol. The molecule has 0 radical (unpaired) electrons. The molecule has 0 aromatic rings. The first-order chi connectivity index (χ1) is 9.50. The molecule has 2 rings (SSSR count). The third-order valence-electron chi connectivity index (χ3n) is 5.52. The summed E-state index contributed by atoms with van der Waals surface area (Å²) in [5, 5.41) is 2.43. The van der Waals surface area contributed by atoms with Crippen LogP contribution in [0.3, 0.4) is 0 Å². The molecular weight excluding hydrogens is 246 g/mol. The zero-order valence-electron chi connectivity index (χ0n) is 13.8. The lowest BCUT2D eigenvalue weighted by Gasteiger charge is -2.41. The number of nitrogens with one attached hydrogen (secondary N) is 1. The predicted octanol–water partition coefficient (Wildman–Crippen LogP) is 3.16. The van der Waals surface area contributed by atoms with Crippen molar-refractivity contribution in [2.45, 2.75) is 71.8 Å². The Labute approximate surface area is 125 Å². The maximum absolute atomic E-state index is 6.05. The number of hydrazine groups is 1. The standard InChI is InChI=1S/C17H35N3/c1-17(2,3)15-9-7-14(8-10-15)16(13-18)19-20-11-5-4-6-12-20/h14-16,19H,4-13,18H2,1-3H3. The van der Waals surface area contributed by atoms with Gasteiger partial charge in [-0.3, -0.25) is 5.43 Å². The molecule has 1 aliphatic heterocycles. The molecule has 3 N–H and O–H groups in total. The molecule has 1 saturated heterocycles. The average Bonchev–Trinajstić information content (AvgIpc) is 2.45. The summed E-state index contributed by atoms with van der Waals surface area (Å²) in [6, 6.07) is 0.494. The summed E-state index contributed by atoms with van der Waals surface area (Å²) < 4.78 is 0. The van der Waals surface area contributed by atoms with Crippen LogP contribution < -0.4 is 11.2 Å². The van der Waals surface area contributed by atoms with E-state index in [4.69, 9.17) is 5.73 Å². The third kappa shape index (κ3) is 4.44. The van der Waals surface area contributed by atoms with Crippen molar-refractivity contribution in [2.75, 3.05) is 19.6 Å². The highest BCUT2D eigenvalue weighted by Gasteiger charge is 2.33. The maximum Gasteiger partial charge on any atom is 0.0366 e. The van der Waals surface area contributed by atoms with Crippen LogP contribution in [0.1, 0.15) is 65.7 Å². The van der Waals surface area contributed by atoms with Gasteiger partial charge in [0.1, 0.15) is 0 Å². The van der Waals surface area contributed by atoms with Gasteiger partial charge >= 0.3 is 0 Å². The van der Waals surface area contributed by atoms with Crippen LogP contribution >= 0.6 is 0 Å². The summed E-state index contributed by atoms with van der Waals surface area (Å²) in [7, 11) is 0. The summed E-state index contributed by atoms with van der Waals surface area (Å²) >= 11 is 0. The van der Waals surface area contributed by atoms with E-state index in [0.717, 1.165) is 18.4 Å². The van der Waals surface area contributed by atoms with Crippen LogP contribution in [0.4, 0.5) is 0 Å². The Kier molecular flexibility index (Phi) is 5.88. The van der Waals surface area contributed by atoms with E-state index in [0.29, 0.717) is 11.5 Å². The molecule has 118 valence electrons. The van der Waals surface area contributed by atoms with Gasteiger partial charge in [-0.15, -0.1) is 0 Å². The van der Waals surface area contributed by atoms with E-state index >= 15 is 0 Å². The molecule has 2 aliphatic rings. The highest BCUT2D eigenvalue weighted by Crippen LogP contribution is 2.40. The van der Waals surface area contributed by atoms with Crippen molar-refractivity contribution >= 4 is 0 Å². The fourth-order valence-electron chi connectivity index (χ4n) is 4.00. The van der Waals surface area contributed by atoms with Gasteiger partial charge in [-0.1, -0.05) is 27.2 Å². The number of hydrogen-bond acceptors (Lipinski definition) is 3. The summed E-state index contributed by atoms with van der Waals surface area (Å²) in [5.74, 6) is 1.67. The van der Waals surface area contributed by atoms with E-state index in [9.17, 15) is 0 Å². The average molecular weight is 281 g/mol. The molecule has 20 heavy (non-hydrogen) atoms. The van der Waals surface area contributed by atoms with E-state index < -0.39 is 0 Å². The Morgan fingerprint density at radius 1 is 1.05 bits per heavy atom. The van der Waals surface area contributed by atoms with Gasteiger partial charge in [-0.2, -0.15) is 0 Å². The summed E-state index contributed by atoms with van der Waals surface area (Å²) in [6.07, 6.45) is 9.53. The molecule has 0 amide bonds. The number of rotatable bonds is 4. The molecule has 0 aromatic heterocycles. The van der Waals surface area contributed by atoms with E-state index in [1.807, 2.05) is 0 Å². The van der Waals surface area contributed by atoms with Crippen molar-refractivity contribution in [1.29, 1.82) is 0 Å². The van der Waals surface area contributed by atoms with Crippen molar-refractivity contribution in [3.05, 3.63) is 0 Å². The molecule has 1 saturated carbocycles. The second-order valence-electron chi connectivity index (χ2n) is 8.00. The molecule has 0 aromatic carbocycles. The second-order valence-corrected chi connectivity index (χ2v) is 8.00. The predicted molar refractivity (Wildman–Crippen MR) is 86.3 cm³/mol. The van der Waals surface area contributed by atoms with Gasteiger partial charge in [0.05, 0.1) is 0 Å². The summed E-state index contributed by atoms with van der Waals surface area (Å²) in [6.45, 7) is 10.4. The smallest absolute Gasteiger partial charge is 0.0366 e. The molecule has 0 spiro atoms. The van der Waals surface area contributed by atoms with Gasteiger partial charge in [-0.25, -0.2) is 5.01 Å². The number of nitrogens with zero attached hydrogens (tertiary/aromatic N) is 1. The van der Waals surface area contributed by atoms with Crippen LogP contribution in [0.2, 0.25) is 0 Å². The van der Waals surface area contributed by atoms with Gasteiger partial charge in [-0.05, 0) is 55.8 Å². The highest BCUT2D eigenvalue weighted by molar-refractivity contribution is 4.86. The summed E-state index contributed by atoms with van der Waals surface area (Å²) in [5.41, 5.74) is 10.3. The van der Waals surface area contributed by atoms with Crippen LogP contribution in [-0.2, 0) is 0 Å². The molecule has 2 fully saturated rings. The van der Waals surface area contributed by atoms with Gasteiger partial charge < -0.3 is 5.73 Å². The quantitative estimate of drug-likeness (QED) is 0.832. The van der Waals surface area contributed by atoms with E-state index in [1.165, 1.54) is 58.0 Å². The van der Waals surface area contributed by atoms with Crippen molar-refractivity contribution in [1.82, 2.24) is 10.4 Å². The molecule has 0 bridgehead atoms. The molecule has 1 heterocycles. The highest BCUT2D eigenvalue weighted by atomic mass is 15.5. The molecule has 3 nitrogen and oxygen atoms in total. The molecule has 3 heteroatoms. The number of hydrogen-bond donors (Lipinski definition) is 2. The van der Waals surface area contributed by atoms with Crippen molar-refractivity contribution in [3.8, 4) is 0 Å². The van der Waals surface area contributed by atoms with Crippen LogP contribution in [0, 0.1) is 17.3 Å². The van der Waals surface area contributed by atoms with Gasteiger partial charge in [0.25, 0.3) is 0 Å². The summed E-state index contributed by atoms with van der Waals surface area (Å²) in [4.78, 5) is 0. The normalized spacial score (nSPS) is 31.2. The van der Waals surface area contributed by atoms with E-state index in [-0.39, 0.29) is 0 Å². The number of piperidine rings is 1. The Hall–Kier alpha value is -0.120. The van der Waals surface area contributed by atoms with Gasteiger partial charge in [0, 0.05) is 25.7 Å². The minimum absolute atomic E-state index is 0.476. The van der Waals surface area contributed by atoms with Crippen molar-refractivity contribution < 1.29 is 0 Å². The van der Waals surface area contributed by atoms with E-state index in [2.05, 4.69) is 31.2 Å². The maximum atomic E-state index is 6.05. The Morgan fingerprint density at radius 3 is 2.15 bits per heavy atom. The Bertz CT molecular complexity index is 270.